The van der Waals surface area contributed by atoms with Gasteiger partial charge < -0.3 is 10.2 Å². The van der Waals surface area contributed by atoms with E-state index in [0.717, 1.165) is 55.0 Å². The van der Waals surface area contributed by atoms with Crippen molar-refractivity contribution in [1.29, 1.82) is 0 Å². The van der Waals surface area contributed by atoms with Gasteiger partial charge in [-0.15, -0.1) is 0 Å². The molecule has 7 rings (SSSR count). The molecule has 0 saturated carbocycles. The molecule has 2 saturated heterocycles. The van der Waals surface area contributed by atoms with Gasteiger partial charge in [-0.3, -0.25) is 24.6 Å². The molecule has 4 aromatic heterocycles. The summed E-state index contributed by atoms with van der Waals surface area (Å²) in [5, 5.41) is 9.84. The highest BCUT2D eigenvalue weighted by Crippen LogP contribution is 2.31. The lowest BCUT2D eigenvalue weighted by atomic mass is 9.98. The van der Waals surface area contributed by atoms with Gasteiger partial charge >= 0.3 is 0 Å². The van der Waals surface area contributed by atoms with Gasteiger partial charge in [0.2, 0.25) is 0 Å². The molecular formula is C33H40N8O3. The van der Waals surface area contributed by atoms with Crippen LogP contribution in [0, 0.1) is 27.7 Å². The van der Waals surface area contributed by atoms with Crippen LogP contribution in [0.4, 0.5) is 0 Å². The number of amides is 1. The van der Waals surface area contributed by atoms with Crippen molar-refractivity contribution < 1.29 is 4.79 Å². The molecule has 2 aliphatic rings. The summed E-state index contributed by atoms with van der Waals surface area (Å²) in [6.07, 6.45) is 6.49. The van der Waals surface area contributed by atoms with Crippen molar-refractivity contribution in [3.8, 4) is 0 Å². The monoisotopic (exact) mass is 596 g/mol. The van der Waals surface area contributed by atoms with Crippen LogP contribution in [0.25, 0.3) is 11.3 Å². The molecule has 0 spiro atoms. The quantitative estimate of drug-likeness (QED) is 0.282. The fraction of sp³-hybridized carbons (Fsp3) is 0.424. The largest absolute Gasteiger partial charge is 0.330 e. The van der Waals surface area contributed by atoms with E-state index in [9.17, 15) is 14.4 Å². The zero-order chi connectivity index (χ0) is 31.0. The molecule has 2 fully saturated rings. The number of hydrogen-bond acceptors (Lipinski definition) is 6. The van der Waals surface area contributed by atoms with Crippen LogP contribution in [0.2, 0.25) is 0 Å². The van der Waals surface area contributed by atoms with Gasteiger partial charge in [-0.2, -0.15) is 0 Å². The van der Waals surface area contributed by atoms with Crippen molar-refractivity contribution in [2.24, 2.45) is 0 Å². The lowest BCUT2D eigenvalue weighted by Gasteiger charge is -2.35. The number of hydrogen-bond donors (Lipinski definition) is 3. The maximum atomic E-state index is 13.0. The molecule has 5 aromatic rings. The van der Waals surface area contributed by atoms with E-state index < -0.39 is 0 Å². The topological polar surface area (TPSA) is 133 Å². The zero-order valence-electron chi connectivity index (χ0n) is 25.8. The van der Waals surface area contributed by atoms with Crippen LogP contribution in [-0.2, 0) is 0 Å². The Morgan fingerprint density at radius 2 is 1.36 bits per heavy atom. The number of nitrogens with one attached hydrogen (secondary N) is 3. The molecule has 6 heterocycles. The van der Waals surface area contributed by atoms with Gasteiger partial charge in [0.1, 0.15) is 0 Å². The fourth-order valence-corrected chi connectivity index (χ4v) is 6.19. The van der Waals surface area contributed by atoms with Gasteiger partial charge in [0.05, 0.1) is 17.4 Å². The fourth-order valence-electron chi connectivity index (χ4n) is 6.19. The number of aryl methyl sites for hydroxylation is 2. The van der Waals surface area contributed by atoms with Crippen LogP contribution in [0.5, 0.6) is 0 Å². The van der Waals surface area contributed by atoms with Crippen LogP contribution in [0.3, 0.4) is 0 Å². The average Bonchev–Trinajstić information content (AvgIpc) is 3.68. The molecule has 0 aliphatic carbocycles. The van der Waals surface area contributed by atoms with Gasteiger partial charge in [-0.1, -0.05) is 24.6 Å². The van der Waals surface area contributed by atoms with Crippen molar-refractivity contribution in [2.45, 2.75) is 78.3 Å². The number of fused-ring (bicyclic) bond motifs is 2. The summed E-state index contributed by atoms with van der Waals surface area (Å²) in [5.74, 6) is 0.0293. The minimum atomic E-state index is -0.0875. The molecule has 2 aliphatic heterocycles. The summed E-state index contributed by atoms with van der Waals surface area (Å²) in [6, 6.07) is 13.5. The van der Waals surface area contributed by atoms with Crippen LogP contribution in [0.1, 0.15) is 94.9 Å². The summed E-state index contributed by atoms with van der Waals surface area (Å²) >= 11 is 0. The van der Waals surface area contributed by atoms with Gasteiger partial charge in [-0.25, -0.2) is 19.0 Å². The highest BCUT2D eigenvalue weighted by Gasteiger charge is 2.30. The van der Waals surface area contributed by atoms with Crippen LogP contribution in [-0.4, -0.2) is 53.1 Å². The summed E-state index contributed by atoms with van der Waals surface area (Å²) in [4.78, 5) is 48.5. The molecule has 1 amide bonds. The summed E-state index contributed by atoms with van der Waals surface area (Å²) in [6.45, 7) is 9.08. The maximum Gasteiger partial charge on any atom is 0.275 e. The first kappa shape index (κ1) is 29.6. The van der Waals surface area contributed by atoms with E-state index in [0.29, 0.717) is 40.6 Å². The molecule has 3 N–H and O–H groups in total. The molecule has 11 nitrogen and oxygen atoms in total. The minimum absolute atomic E-state index is 0.000408. The Hall–Kier alpha value is -4.51. The number of benzene rings is 1. The average molecular weight is 597 g/mol. The van der Waals surface area contributed by atoms with Crippen molar-refractivity contribution in [3.05, 3.63) is 103 Å². The van der Waals surface area contributed by atoms with Gasteiger partial charge in [0.15, 0.2) is 11.3 Å². The number of piperidine rings is 2. The Balaban J connectivity index is 0.000000167. The van der Waals surface area contributed by atoms with E-state index in [2.05, 4.69) is 25.5 Å². The van der Waals surface area contributed by atoms with E-state index in [-0.39, 0.29) is 23.1 Å². The molecule has 11 heteroatoms. The minimum Gasteiger partial charge on any atom is -0.330 e. The van der Waals surface area contributed by atoms with Gasteiger partial charge in [-0.05, 0) is 78.5 Å². The number of aromatic amines is 2. The molecule has 0 unspecified atom stereocenters. The van der Waals surface area contributed by atoms with Crippen molar-refractivity contribution >= 4 is 17.2 Å². The molecular weight excluding hydrogens is 556 g/mol. The predicted octanol–water partition coefficient (Wildman–Crippen LogP) is 4.46. The third-order valence-corrected chi connectivity index (χ3v) is 9.04. The Morgan fingerprint density at radius 1 is 0.773 bits per heavy atom. The highest BCUT2D eigenvalue weighted by molar-refractivity contribution is 5.94. The standard InChI is InChI=1S/C20H22N4O2.C13H18N4O/c1-13-14(2)21-18-12-16(22-24(18)19(13)25)17-10-6-7-11-23(17)20(26)15-8-4-3-5-9-15;1-8-9(2)15-12-7-11(16-17(12)13(8)18)10-5-3-4-6-14-10/h3-5,8-9,12,17,22H,6-7,10-11H2,1-2H3;7,10,14,16H,3-6H2,1-2H3/t17-;10-/m00/s1. The SMILES string of the molecule is Cc1nc2cc([C@@H]3CCCCN3)[nH]n2c(=O)c1C.Cc1nc2cc([C@@H]3CCCCN3C(=O)c3ccccc3)[nH]n2c(=O)c1C. The van der Waals surface area contributed by atoms with Gasteiger partial charge in [0, 0.05) is 52.8 Å². The normalized spacial score (nSPS) is 18.8. The van der Waals surface area contributed by atoms with E-state index in [1.165, 1.54) is 17.4 Å². The molecule has 44 heavy (non-hydrogen) atoms. The number of rotatable bonds is 3. The first-order valence-electron chi connectivity index (χ1n) is 15.5. The first-order valence-corrected chi connectivity index (χ1v) is 15.5. The lowest BCUT2D eigenvalue weighted by Crippen LogP contribution is -2.38. The van der Waals surface area contributed by atoms with Gasteiger partial charge in [0.25, 0.3) is 17.0 Å². The van der Waals surface area contributed by atoms with E-state index >= 15 is 0 Å². The number of carbonyl (C=O) groups excluding carboxylic acids is 1. The predicted molar refractivity (Wildman–Crippen MR) is 169 cm³/mol. The van der Waals surface area contributed by atoms with Crippen LogP contribution < -0.4 is 16.4 Å². The third kappa shape index (κ3) is 5.59. The molecule has 1 aromatic carbocycles. The maximum absolute atomic E-state index is 13.0. The number of H-pyrrole nitrogens is 2. The van der Waals surface area contributed by atoms with E-state index in [1.807, 2.05) is 68.1 Å². The van der Waals surface area contributed by atoms with E-state index in [1.54, 1.807) is 11.4 Å². The van der Waals surface area contributed by atoms with Crippen LogP contribution >= 0.6 is 0 Å². The van der Waals surface area contributed by atoms with Crippen LogP contribution in [0.15, 0.2) is 52.1 Å². The number of nitrogens with zero attached hydrogens (tertiary/aromatic N) is 5. The number of aromatic nitrogens is 6. The third-order valence-electron chi connectivity index (χ3n) is 9.04. The summed E-state index contributed by atoms with van der Waals surface area (Å²) in [5.41, 5.74) is 6.73. The Kier molecular flexibility index (Phi) is 8.22. The highest BCUT2D eigenvalue weighted by atomic mass is 16.2. The Labute approximate surface area is 255 Å². The Bertz CT molecular complexity index is 1930. The molecule has 230 valence electrons. The van der Waals surface area contributed by atoms with Crippen molar-refractivity contribution in [2.75, 3.05) is 13.1 Å². The molecule has 0 radical (unpaired) electrons. The first-order chi connectivity index (χ1) is 21.2. The summed E-state index contributed by atoms with van der Waals surface area (Å²) in [7, 11) is 0. The Morgan fingerprint density at radius 3 is 1.98 bits per heavy atom. The summed E-state index contributed by atoms with van der Waals surface area (Å²) < 4.78 is 3.03. The zero-order valence-corrected chi connectivity index (χ0v) is 25.8. The second-order valence-corrected chi connectivity index (χ2v) is 11.9. The number of carbonyl (C=O) groups is 1. The molecule has 2 atom stereocenters. The van der Waals surface area contributed by atoms with E-state index in [4.69, 9.17) is 0 Å². The van der Waals surface area contributed by atoms with Crippen molar-refractivity contribution in [1.82, 2.24) is 39.4 Å². The second-order valence-electron chi connectivity index (χ2n) is 11.9. The molecule has 0 bridgehead atoms. The van der Waals surface area contributed by atoms with Crippen molar-refractivity contribution in [3.63, 3.8) is 0 Å². The lowest BCUT2D eigenvalue weighted by molar-refractivity contribution is 0.0605. The number of likely N-dealkylation sites (tertiary alicyclic amines) is 1. The second kappa shape index (κ2) is 12.2. The smallest absolute Gasteiger partial charge is 0.275 e.